The van der Waals surface area contributed by atoms with Crippen molar-refractivity contribution in [2.45, 2.75) is 0 Å². The Balaban J connectivity index is 2.30. The van der Waals surface area contributed by atoms with Crippen molar-refractivity contribution in [3.8, 4) is 0 Å². The van der Waals surface area contributed by atoms with Gasteiger partial charge >= 0.3 is 0 Å². The first-order valence-corrected chi connectivity index (χ1v) is 6.46. The molecule has 0 radical (unpaired) electrons. The van der Waals surface area contributed by atoms with Crippen molar-refractivity contribution < 1.29 is 18.0 Å². The molecule has 1 amide bonds. The Kier molecular flexibility index (Phi) is 4.35. The first kappa shape index (κ1) is 14.9. The molecule has 0 spiro atoms. The average Bonchev–Trinajstić information content (AvgIpc) is 2.36. The van der Waals surface area contributed by atoms with Crippen LogP contribution in [0.3, 0.4) is 0 Å². The molecular formula is C13H6BrClF3NO. The summed E-state index contributed by atoms with van der Waals surface area (Å²) in [6.07, 6.45) is 0. The zero-order valence-electron chi connectivity index (χ0n) is 9.68. The summed E-state index contributed by atoms with van der Waals surface area (Å²) in [5.74, 6) is -3.46. The van der Waals surface area contributed by atoms with E-state index in [2.05, 4.69) is 21.2 Å². The topological polar surface area (TPSA) is 29.1 Å². The molecule has 2 aromatic carbocycles. The van der Waals surface area contributed by atoms with Crippen LogP contribution in [0.4, 0.5) is 18.9 Å². The van der Waals surface area contributed by atoms with E-state index in [-0.39, 0.29) is 20.7 Å². The molecule has 0 saturated heterocycles. The predicted octanol–water partition coefficient (Wildman–Crippen LogP) is 4.77. The van der Waals surface area contributed by atoms with Gasteiger partial charge in [0.25, 0.3) is 5.91 Å². The van der Waals surface area contributed by atoms with Gasteiger partial charge in [-0.1, -0.05) is 11.6 Å². The quantitative estimate of drug-likeness (QED) is 0.817. The summed E-state index contributed by atoms with van der Waals surface area (Å²) in [5.41, 5.74) is 0.0546. The molecule has 0 atom stereocenters. The van der Waals surface area contributed by atoms with Gasteiger partial charge in [-0.05, 0) is 46.3 Å². The fourth-order valence-electron chi connectivity index (χ4n) is 1.48. The highest BCUT2D eigenvalue weighted by atomic mass is 79.9. The standard InChI is InChI=1S/C13H6BrClF3NO/c14-8-4-7(16)5-9(15)12(8)19-13(20)6-1-2-10(17)11(18)3-6/h1-5H,(H,19,20). The second-order valence-electron chi connectivity index (χ2n) is 3.83. The van der Waals surface area contributed by atoms with Crippen LogP contribution < -0.4 is 5.32 Å². The van der Waals surface area contributed by atoms with E-state index in [0.717, 1.165) is 30.3 Å². The Morgan fingerprint density at radius 3 is 2.40 bits per heavy atom. The lowest BCUT2D eigenvalue weighted by atomic mass is 10.2. The second kappa shape index (κ2) is 5.85. The Morgan fingerprint density at radius 1 is 1.10 bits per heavy atom. The molecule has 0 aliphatic rings. The Bertz CT molecular complexity index is 670. The van der Waals surface area contributed by atoms with E-state index in [0.29, 0.717) is 0 Å². The minimum atomic E-state index is -1.14. The molecule has 2 aromatic rings. The predicted molar refractivity (Wildman–Crippen MR) is 73.4 cm³/mol. The van der Waals surface area contributed by atoms with Gasteiger partial charge in [0.2, 0.25) is 0 Å². The Hall–Kier alpha value is -1.53. The van der Waals surface area contributed by atoms with Crippen LogP contribution >= 0.6 is 27.5 Å². The molecule has 104 valence electrons. The van der Waals surface area contributed by atoms with Crippen molar-refractivity contribution >= 4 is 39.1 Å². The fraction of sp³-hybridized carbons (Fsp3) is 0. The summed E-state index contributed by atoms with van der Waals surface area (Å²) in [5, 5.41) is 2.37. The van der Waals surface area contributed by atoms with Gasteiger partial charge in [-0.3, -0.25) is 4.79 Å². The van der Waals surface area contributed by atoms with Gasteiger partial charge in [0.15, 0.2) is 11.6 Å². The van der Waals surface area contributed by atoms with Crippen LogP contribution in [0, 0.1) is 17.5 Å². The number of halogens is 5. The van der Waals surface area contributed by atoms with Gasteiger partial charge in [-0.15, -0.1) is 0 Å². The van der Waals surface area contributed by atoms with Gasteiger partial charge in [-0.25, -0.2) is 13.2 Å². The molecule has 0 bridgehead atoms. The van der Waals surface area contributed by atoms with Crippen LogP contribution in [0.1, 0.15) is 10.4 Å². The second-order valence-corrected chi connectivity index (χ2v) is 5.09. The molecule has 0 aliphatic carbocycles. The number of carbonyl (C=O) groups excluding carboxylic acids is 1. The molecule has 20 heavy (non-hydrogen) atoms. The van der Waals surface area contributed by atoms with E-state index in [4.69, 9.17) is 11.6 Å². The van der Waals surface area contributed by atoms with E-state index in [1.165, 1.54) is 0 Å². The number of carbonyl (C=O) groups is 1. The molecule has 0 aliphatic heterocycles. The lowest BCUT2D eigenvalue weighted by molar-refractivity contribution is 0.102. The third kappa shape index (κ3) is 3.13. The van der Waals surface area contributed by atoms with Gasteiger partial charge < -0.3 is 5.32 Å². The first-order chi connectivity index (χ1) is 9.38. The summed E-state index contributed by atoms with van der Waals surface area (Å²) in [6.45, 7) is 0. The molecule has 0 fully saturated rings. The average molecular weight is 365 g/mol. The smallest absolute Gasteiger partial charge is 0.255 e. The summed E-state index contributed by atoms with van der Waals surface area (Å²) < 4.78 is 39.1. The first-order valence-electron chi connectivity index (χ1n) is 5.29. The van der Waals surface area contributed by atoms with Crippen molar-refractivity contribution in [3.05, 3.63) is 62.8 Å². The fourth-order valence-corrected chi connectivity index (χ4v) is 2.38. The van der Waals surface area contributed by atoms with Gasteiger partial charge in [-0.2, -0.15) is 0 Å². The van der Waals surface area contributed by atoms with E-state index in [9.17, 15) is 18.0 Å². The normalized spacial score (nSPS) is 10.4. The van der Waals surface area contributed by atoms with E-state index < -0.39 is 23.4 Å². The van der Waals surface area contributed by atoms with E-state index >= 15 is 0 Å². The largest absolute Gasteiger partial charge is 0.320 e. The molecule has 7 heteroatoms. The molecule has 0 heterocycles. The van der Waals surface area contributed by atoms with Crippen molar-refractivity contribution in [3.63, 3.8) is 0 Å². The lowest BCUT2D eigenvalue weighted by Gasteiger charge is -2.10. The van der Waals surface area contributed by atoms with Crippen LogP contribution in [0.5, 0.6) is 0 Å². The Morgan fingerprint density at radius 2 is 1.80 bits per heavy atom. The number of nitrogens with one attached hydrogen (secondary N) is 1. The third-order valence-electron chi connectivity index (χ3n) is 2.43. The van der Waals surface area contributed by atoms with Crippen molar-refractivity contribution in [2.75, 3.05) is 5.32 Å². The maximum Gasteiger partial charge on any atom is 0.255 e. The van der Waals surface area contributed by atoms with Crippen molar-refractivity contribution in [2.24, 2.45) is 0 Å². The maximum atomic E-state index is 13.0. The number of hydrogen-bond donors (Lipinski definition) is 1. The van der Waals surface area contributed by atoms with Crippen molar-refractivity contribution in [1.82, 2.24) is 0 Å². The molecule has 0 aromatic heterocycles. The zero-order chi connectivity index (χ0) is 14.9. The Labute approximate surface area is 125 Å². The lowest BCUT2D eigenvalue weighted by Crippen LogP contribution is -2.13. The van der Waals surface area contributed by atoms with Crippen LogP contribution in [-0.2, 0) is 0 Å². The number of benzene rings is 2. The molecular weight excluding hydrogens is 359 g/mol. The van der Waals surface area contributed by atoms with Crippen LogP contribution in [-0.4, -0.2) is 5.91 Å². The number of rotatable bonds is 2. The zero-order valence-corrected chi connectivity index (χ0v) is 12.0. The summed E-state index contributed by atoms with van der Waals surface area (Å²) in [6, 6.07) is 4.86. The van der Waals surface area contributed by atoms with Gasteiger partial charge in [0, 0.05) is 10.0 Å². The van der Waals surface area contributed by atoms with Crippen molar-refractivity contribution in [1.29, 1.82) is 0 Å². The molecule has 0 unspecified atom stereocenters. The maximum absolute atomic E-state index is 13.0. The molecule has 2 nitrogen and oxygen atoms in total. The van der Waals surface area contributed by atoms with E-state index in [1.54, 1.807) is 0 Å². The van der Waals surface area contributed by atoms with E-state index in [1.807, 2.05) is 0 Å². The highest BCUT2D eigenvalue weighted by Gasteiger charge is 2.14. The molecule has 2 rings (SSSR count). The highest BCUT2D eigenvalue weighted by molar-refractivity contribution is 9.10. The van der Waals surface area contributed by atoms with Crippen LogP contribution in [0.2, 0.25) is 5.02 Å². The van der Waals surface area contributed by atoms with Crippen LogP contribution in [0.15, 0.2) is 34.8 Å². The molecule has 1 N–H and O–H groups in total. The summed E-state index contributed by atoms with van der Waals surface area (Å²) >= 11 is 8.86. The highest BCUT2D eigenvalue weighted by Crippen LogP contribution is 2.32. The molecule has 0 saturated carbocycles. The summed E-state index contributed by atoms with van der Waals surface area (Å²) in [4.78, 5) is 11.9. The SMILES string of the molecule is O=C(Nc1c(Cl)cc(F)cc1Br)c1ccc(F)c(F)c1. The minimum absolute atomic E-state index is 0.0205. The van der Waals surface area contributed by atoms with Gasteiger partial charge in [0.05, 0.1) is 10.7 Å². The minimum Gasteiger partial charge on any atom is -0.320 e. The summed E-state index contributed by atoms with van der Waals surface area (Å²) in [7, 11) is 0. The number of anilines is 1. The number of hydrogen-bond acceptors (Lipinski definition) is 1. The number of amides is 1. The monoisotopic (exact) mass is 363 g/mol. The van der Waals surface area contributed by atoms with Gasteiger partial charge in [0.1, 0.15) is 5.82 Å². The van der Waals surface area contributed by atoms with Crippen LogP contribution in [0.25, 0.3) is 0 Å². The third-order valence-corrected chi connectivity index (χ3v) is 3.35.